The van der Waals surface area contributed by atoms with Crippen LogP contribution in [0.2, 0.25) is 0 Å². The fourth-order valence-corrected chi connectivity index (χ4v) is 4.49. The maximum absolute atomic E-state index is 13.1. The first-order valence-corrected chi connectivity index (χ1v) is 8.54. The van der Waals surface area contributed by atoms with Crippen LogP contribution in [-0.4, -0.2) is 47.3 Å². The summed E-state index contributed by atoms with van der Waals surface area (Å²) < 4.78 is 0. The van der Waals surface area contributed by atoms with Gasteiger partial charge in [0.2, 0.25) is 11.8 Å². The van der Waals surface area contributed by atoms with Crippen LogP contribution in [0.4, 0.5) is 16.2 Å². The van der Waals surface area contributed by atoms with E-state index in [0.717, 1.165) is 23.4 Å². The van der Waals surface area contributed by atoms with Gasteiger partial charge in [-0.3, -0.25) is 29.9 Å². The lowest BCUT2D eigenvalue weighted by Crippen LogP contribution is -2.72. The highest BCUT2D eigenvalue weighted by Crippen LogP contribution is 2.48. The minimum absolute atomic E-state index is 0.0491. The molecule has 0 aliphatic carbocycles. The lowest BCUT2D eigenvalue weighted by molar-refractivity contribution is -0.384. The standard InChI is InChI=1S/C17H18N4O5/c1-19-15(23)17(14(22)18-16(19)24)9-10-8-11(21(25)26)5-6-12(10)20-7-3-2-4-13(17)20/h5-6,8,13H,2-4,7,9H2,1H3,(H,18,22,24)/t13-,17+/m1/s1. The molecule has 0 unspecified atom stereocenters. The van der Waals surface area contributed by atoms with Crippen molar-refractivity contribution in [2.45, 2.75) is 31.7 Å². The predicted octanol–water partition coefficient (Wildman–Crippen LogP) is 1.20. The van der Waals surface area contributed by atoms with Crippen molar-refractivity contribution in [1.29, 1.82) is 0 Å². The summed E-state index contributed by atoms with van der Waals surface area (Å²) in [5, 5.41) is 13.4. The first-order valence-electron chi connectivity index (χ1n) is 8.54. The van der Waals surface area contributed by atoms with Crippen LogP contribution < -0.4 is 10.2 Å². The van der Waals surface area contributed by atoms with Gasteiger partial charge in [0.25, 0.3) is 5.69 Å². The number of amides is 4. The van der Waals surface area contributed by atoms with Crippen LogP contribution in [0.25, 0.3) is 0 Å². The van der Waals surface area contributed by atoms with E-state index in [9.17, 15) is 24.5 Å². The maximum Gasteiger partial charge on any atom is 0.330 e. The van der Waals surface area contributed by atoms with E-state index in [0.29, 0.717) is 18.5 Å². The number of nitrogens with zero attached hydrogens (tertiary/aromatic N) is 3. The Balaban J connectivity index is 1.90. The van der Waals surface area contributed by atoms with Gasteiger partial charge in [-0.2, -0.15) is 0 Å². The number of nitro benzene ring substituents is 1. The number of nitro groups is 1. The molecule has 0 radical (unpaired) electrons. The predicted molar refractivity (Wildman–Crippen MR) is 90.5 cm³/mol. The number of nitrogens with one attached hydrogen (secondary N) is 1. The average molecular weight is 358 g/mol. The normalized spacial score (nSPS) is 27.9. The number of imide groups is 2. The van der Waals surface area contributed by atoms with Crippen LogP contribution in [0.15, 0.2) is 18.2 Å². The summed E-state index contributed by atoms with van der Waals surface area (Å²) in [7, 11) is 1.35. The number of non-ortho nitro benzene ring substituents is 1. The maximum atomic E-state index is 13.1. The molecule has 0 aromatic heterocycles. The van der Waals surface area contributed by atoms with E-state index in [4.69, 9.17) is 0 Å². The molecule has 4 rings (SSSR count). The lowest BCUT2D eigenvalue weighted by atomic mass is 9.66. The van der Waals surface area contributed by atoms with Crippen molar-refractivity contribution < 1.29 is 19.3 Å². The zero-order valence-electron chi connectivity index (χ0n) is 14.2. The highest BCUT2D eigenvalue weighted by Gasteiger charge is 2.61. The first-order chi connectivity index (χ1) is 12.4. The Kier molecular flexibility index (Phi) is 3.50. The van der Waals surface area contributed by atoms with Gasteiger partial charge in [0.05, 0.1) is 11.0 Å². The SMILES string of the molecule is CN1C(=O)NC(=O)[C@@]2(Cc3cc([N+](=O)[O-])ccc3N3CCCC[C@@H]32)C1=O. The van der Waals surface area contributed by atoms with Crippen molar-refractivity contribution in [2.75, 3.05) is 18.5 Å². The Morgan fingerprint density at radius 3 is 2.77 bits per heavy atom. The minimum atomic E-state index is -1.44. The van der Waals surface area contributed by atoms with Crippen LogP contribution in [0, 0.1) is 15.5 Å². The molecule has 26 heavy (non-hydrogen) atoms. The number of benzene rings is 1. The summed E-state index contributed by atoms with van der Waals surface area (Å²) in [5.41, 5.74) is -0.109. The number of hydrogen-bond donors (Lipinski definition) is 1. The number of piperidine rings is 1. The lowest BCUT2D eigenvalue weighted by Gasteiger charge is -2.53. The number of fused-ring (bicyclic) bond motifs is 4. The van der Waals surface area contributed by atoms with Gasteiger partial charge in [0, 0.05) is 37.8 Å². The summed E-state index contributed by atoms with van der Waals surface area (Å²) in [4.78, 5) is 51.4. The molecule has 1 aromatic carbocycles. The van der Waals surface area contributed by atoms with Crippen molar-refractivity contribution in [1.82, 2.24) is 10.2 Å². The van der Waals surface area contributed by atoms with Gasteiger partial charge >= 0.3 is 6.03 Å². The van der Waals surface area contributed by atoms with Crippen molar-refractivity contribution in [3.63, 3.8) is 0 Å². The molecule has 9 heteroatoms. The van der Waals surface area contributed by atoms with Crippen molar-refractivity contribution >= 4 is 29.2 Å². The molecule has 3 aliphatic rings. The van der Waals surface area contributed by atoms with E-state index in [1.54, 1.807) is 6.07 Å². The molecule has 1 N–H and O–H groups in total. The van der Waals surface area contributed by atoms with Crippen LogP contribution >= 0.6 is 0 Å². The molecule has 2 fully saturated rings. The summed E-state index contributed by atoms with van der Waals surface area (Å²) in [6.45, 7) is 0.662. The van der Waals surface area contributed by atoms with E-state index in [1.807, 2.05) is 4.90 Å². The third-order valence-corrected chi connectivity index (χ3v) is 5.74. The molecule has 0 saturated carbocycles. The third kappa shape index (κ3) is 2.06. The van der Waals surface area contributed by atoms with E-state index in [-0.39, 0.29) is 18.2 Å². The number of rotatable bonds is 1. The largest absolute Gasteiger partial charge is 0.367 e. The third-order valence-electron chi connectivity index (χ3n) is 5.74. The zero-order chi connectivity index (χ0) is 18.6. The Morgan fingerprint density at radius 1 is 1.27 bits per heavy atom. The number of hydrogen-bond acceptors (Lipinski definition) is 6. The fourth-order valence-electron chi connectivity index (χ4n) is 4.49. The number of barbiturate groups is 1. The van der Waals surface area contributed by atoms with Crippen molar-refractivity contribution in [3.05, 3.63) is 33.9 Å². The van der Waals surface area contributed by atoms with Gasteiger partial charge in [-0.15, -0.1) is 0 Å². The molecule has 0 bridgehead atoms. The van der Waals surface area contributed by atoms with Gasteiger partial charge in [-0.25, -0.2) is 4.79 Å². The summed E-state index contributed by atoms with van der Waals surface area (Å²) in [6.07, 6.45) is 2.49. The monoisotopic (exact) mass is 358 g/mol. The van der Waals surface area contributed by atoms with E-state index >= 15 is 0 Å². The van der Waals surface area contributed by atoms with Crippen LogP contribution in [-0.2, 0) is 16.0 Å². The molecule has 9 nitrogen and oxygen atoms in total. The van der Waals surface area contributed by atoms with Gasteiger partial charge < -0.3 is 4.90 Å². The number of urea groups is 1. The van der Waals surface area contributed by atoms with Crippen LogP contribution in [0.3, 0.4) is 0 Å². The molecule has 2 saturated heterocycles. The molecule has 1 aromatic rings. The number of carbonyl (C=O) groups excluding carboxylic acids is 3. The summed E-state index contributed by atoms with van der Waals surface area (Å²) >= 11 is 0. The Bertz CT molecular complexity index is 854. The van der Waals surface area contributed by atoms with Crippen molar-refractivity contribution in [2.24, 2.45) is 5.41 Å². The van der Waals surface area contributed by atoms with Crippen molar-refractivity contribution in [3.8, 4) is 0 Å². The smallest absolute Gasteiger partial charge is 0.330 e. The first kappa shape index (κ1) is 16.5. The summed E-state index contributed by atoms with van der Waals surface area (Å²) in [6, 6.07) is 3.46. The van der Waals surface area contributed by atoms with E-state index in [2.05, 4.69) is 5.32 Å². The number of anilines is 1. The molecule has 2 atom stereocenters. The summed E-state index contributed by atoms with van der Waals surface area (Å²) in [5.74, 6) is -1.15. The Hall–Kier alpha value is -2.97. The van der Waals surface area contributed by atoms with E-state index < -0.39 is 28.2 Å². The molecule has 3 heterocycles. The van der Waals surface area contributed by atoms with Gasteiger partial charge in [-0.1, -0.05) is 0 Å². The van der Waals surface area contributed by atoms with Gasteiger partial charge in [0.15, 0.2) is 5.41 Å². The average Bonchev–Trinajstić information content (AvgIpc) is 2.64. The molecule has 1 spiro atoms. The van der Waals surface area contributed by atoms with E-state index in [1.165, 1.54) is 19.2 Å². The molecule has 3 aliphatic heterocycles. The Morgan fingerprint density at radius 2 is 2.04 bits per heavy atom. The highest BCUT2D eigenvalue weighted by atomic mass is 16.6. The topological polar surface area (TPSA) is 113 Å². The quantitative estimate of drug-likeness (QED) is 0.459. The van der Waals surface area contributed by atoms with Crippen LogP contribution in [0.5, 0.6) is 0 Å². The molecule has 4 amide bonds. The zero-order valence-corrected chi connectivity index (χ0v) is 14.2. The minimum Gasteiger partial charge on any atom is -0.367 e. The number of carbonyl (C=O) groups is 3. The highest BCUT2D eigenvalue weighted by molar-refractivity contribution is 6.20. The second-order valence-electron chi connectivity index (χ2n) is 7.05. The van der Waals surface area contributed by atoms with Gasteiger partial charge in [-0.05, 0) is 30.9 Å². The fraction of sp³-hybridized carbons (Fsp3) is 0.471. The molecule has 136 valence electrons. The van der Waals surface area contributed by atoms with Crippen LogP contribution in [0.1, 0.15) is 24.8 Å². The molecular formula is C17H18N4O5. The Labute approximate surface area is 149 Å². The second kappa shape index (κ2) is 5.52. The second-order valence-corrected chi connectivity index (χ2v) is 7.05. The molecular weight excluding hydrogens is 340 g/mol. The van der Waals surface area contributed by atoms with Gasteiger partial charge in [0.1, 0.15) is 0 Å².